The molecule has 2 aromatic heterocycles. The first kappa shape index (κ1) is 12.2. The number of aliphatic hydroxyl groups excluding tert-OH is 2. The average Bonchev–Trinajstić information content (AvgIpc) is 3.01. The summed E-state index contributed by atoms with van der Waals surface area (Å²) in [6.45, 7) is -0.499. The van der Waals surface area contributed by atoms with Crippen molar-refractivity contribution in [2.24, 2.45) is 0 Å². The maximum absolute atomic E-state index is 10.5. The second-order valence-electron chi connectivity index (χ2n) is 2.80. The quantitative estimate of drug-likeness (QED) is 0.766. The summed E-state index contributed by atoms with van der Waals surface area (Å²) in [5, 5.41) is 16.6. The van der Waals surface area contributed by atoms with Gasteiger partial charge < -0.3 is 19.0 Å². The first-order valence-corrected chi connectivity index (χ1v) is 4.58. The molecule has 0 radical (unpaired) electrons. The Bertz CT molecular complexity index is 388. The lowest BCUT2D eigenvalue weighted by atomic mass is 10.3. The van der Waals surface area contributed by atoms with Crippen LogP contribution in [0, 0.1) is 0 Å². The molecule has 0 aliphatic carbocycles. The summed E-state index contributed by atoms with van der Waals surface area (Å²) in [6, 6.07) is 6.58. The van der Waals surface area contributed by atoms with Crippen LogP contribution in [0.4, 0.5) is 0 Å². The predicted molar refractivity (Wildman–Crippen MR) is 54.8 cm³/mol. The molecule has 2 aromatic rings. The third kappa shape index (κ3) is 3.72. The third-order valence-electron chi connectivity index (χ3n) is 1.68. The van der Waals surface area contributed by atoms with Crippen molar-refractivity contribution in [3.63, 3.8) is 0 Å². The molecule has 5 nitrogen and oxygen atoms in total. The number of carbonyl (C=O) groups excluding carboxylic acids is 1. The van der Waals surface area contributed by atoms with Crippen LogP contribution in [0.25, 0.3) is 0 Å². The average molecular weight is 224 g/mol. The fourth-order valence-corrected chi connectivity index (χ4v) is 0.918. The Morgan fingerprint density at radius 3 is 2.19 bits per heavy atom. The Hall–Kier alpha value is -1.85. The smallest absolute Gasteiger partial charge is 0.223 e. The van der Waals surface area contributed by atoms with Crippen LogP contribution in [-0.4, -0.2) is 22.6 Å². The van der Waals surface area contributed by atoms with Gasteiger partial charge in [-0.25, -0.2) is 0 Å². The molecule has 0 fully saturated rings. The van der Waals surface area contributed by atoms with Gasteiger partial charge in [0.15, 0.2) is 5.76 Å². The standard InChI is InChI=1S/C6H6O3.C5H6O2/c7-4-5(8)6-2-1-3-9-6;6-4-5-2-1-3-7-5/h1-3,7H,4H2;1-3,6H,4H2. The molecule has 0 aliphatic heterocycles. The normalized spacial score (nSPS) is 9.38. The molecule has 0 unspecified atom stereocenters. The van der Waals surface area contributed by atoms with Crippen molar-refractivity contribution in [3.05, 3.63) is 48.3 Å². The van der Waals surface area contributed by atoms with Crippen molar-refractivity contribution in [3.8, 4) is 0 Å². The molecule has 2 heterocycles. The molecular formula is C11H12O5. The van der Waals surface area contributed by atoms with E-state index in [-0.39, 0.29) is 18.2 Å². The van der Waals surface area contributed by atoms with Crippen molar-refractivity contribution < 1.29 is 23.8 Å². The third-order valence-corrected chi connectivity index (χ3v) is 1.68. The number of carbonyl (C=O) groups is 1. The summed E-state index contributed by atoms with van der Waals surface area (Å²) >= 11 is 0. The van der Waals surface area contributed by atoms with Gasteiger partial charge in [-0.3, -0.25) is 4.79 Å². The molecule has 16 heavy (non-hydrogen) atoms. The van der Waals surface area contributed by atoms with E-state index in [1.807, 2.05) is 0 Å². The maximum atomic E-state index is 10.5. The largest absolute Gasteiger partial charge is 0.467 e. The summed E-state index contributed by atoms with van der Waals surface area (Å²) < 4.78 is 9.41. The van der Waals surface area contributed by atoms with Gasteiger partial charge in [0.05, 0.1) is 12.5 Å². The van der Waals surface area contributed by atoms with E-state index in [4.69, 9.17) is 14.6 Å². The second kappa shape index (κ2) is 6.60. The first-order valence-electron chi connectivity index (χ1n) is 4.58. The maximum Gasteiger partial charge on any atom is 0.223 e. The van der Waals surface area contributed by atoms with Crippen LogP contribution in [-0.2, 0) is 6.61 Å². The van der Waals surface area contributed by atoms with E-state index in [1.165, 1.54) is 18.6 Å². The number of aliphatic hydroxyl groups is 2. The number of Topliss-reactive ketones (excluding diaryl/α,β-unsaturated/α-hetero) is 1. The van der Waals surface area contributed by atoms with Gasteiger partial charge in [-0.05, 0) is 24.3 Å². The van der Waals surface area contributed by atoms with Crippen molar-refractivity contribution >= 4 is 5.78 Å². The van der Waals surface area contributed by atoms with Gasteiger partial charge in [-0.1, -0.05) is 0 Å². The lowest BCUT2D eigenvalue weighted by molar-refractivity contribution is 0.0875. The van der Waals surface area contributed by atoms with Crippen LogP contribution in [0.2, 0.25) is 0 Å². The van der Waals surface area contributed by atoms with E-state index in [0.29, 0.717) is 5.76 Å². The van der Waals surface area contributed by atoms with E-state index in [2.05, 4.69) is 4.42 Å². The highest BCUT2D eigenvalue weighted by Crippen LogP contribution is 1.99. The Morgan fingerprint density at radius 2 is 1.81 bits per heavy atom. The van der Waals surface area contributed by atoms with E-state index < -0.39 is 6.61 Å². The van der Waals surface area contributed by atoms with Gasteiger partial charge >= 0.3 is 0 Å². The second-order valence-corrected chi connectivity index (χ2v) is 2.80. The molecule has 86 valence electrons. The van der Waals surface area contributed by atoms with Crippen molar-refractivity contribution in [2.75, 3.05) is 6.61 Å². The van der Waals surface area contributed by atoms with E-state index in [0.717, 1.165) is 0 Å². The molecule has 5 heteroatoms. The minimum absolute atomic E-state index is 0.00694. The highest BCUT2D eigenvalue weighted by molar-refractivity contribution is 5.94. The lowest BCUT2D eigenvalue weighted by Gasteiger charge is -1.85. The van der Waals surface area contributed by atoms with E-state index >= 15 is 0 Å². The van der Waals surface area contributed by atoms with Gasteiger partial charge in [-0.2, -0.15) is 0 Å². The molecule has 0 saturated heterocycles. The SMILES string of the molecule is O=C(CO)c1ccco1.OCc1ccco1. The van der Waals surface area contributed by atoms with Crippen molar-refractivity contribution in [1.29, 1.82) is 0 Å². The van der Waals surface area contributed by atoms with Gasteiger partial charge in [0, 0.05) is 0 Å². The van der Waals surface area contributed by atoms with Crippen molar-refractivity contribution in [2.45, 2.75) is 6.61 Å². The zero-order valence-corrected chi connectivity index (χ0v) is 8.50. The molecule has 0 spiro atoms. The van der Waals surface area contributed by atoms with Gasteiger partial charge in [0.1, 0.15) is 19.0 Å². The summed E-state index contributed by atoms with van der Waals surface area (Å²) in [7, 11) is 0. The van der Waals surface area contributed by atoms with Gasteiger partial charge in [-0.15, -0.1) is 0 Å². The first-order chi connectivity index (χ1) is 7.77. The molecule has 0 amide bonds. The molecule has 0 bridgehead atoms. The Morgan fingerprint density at radius 1 is 1.12 bits per heavy atom. The van der Waals surface area contributed by atoms with Crippen LogP contribution in [0.1, 0.15) is 16.3 Å². The molecule has 0 saturated carbocycles. The van der Waals surface area contributed by atoms with Crippen molar-refractivity contribution in [1.82, 2.24) is 0 Å². The number of ketones is 1. The monoisotopic (exact) mass is 224 g/mol. The highest BCUT2D eigenvalue weighted by atomic mass is 16.4. The zero-order chi connectivity index (χ0) is 11.8. The number of hydrogen-bond acceptors (Lipinski definition) is 5. The molecule has 0 aromatic carbocycles. The summed E-state index contributed by atoms with van der Waals surface area (Å²) in [4.78, 5) is 10.5. The number of hydrogen-bond donors (Lipinski definition) is 2. The fourth-order valence-electron chi connectivity index (χ4n) is 0.918. The number of rotatable bonds is 3. The summed E-state index contributed by atoms with van der Waals surface area (Å²) in [5.41, 5.74) is 0. The summed E-state index contributed by atoms with van der Waals surface area (Å²) in [5.74, 6) is 0.428. The molecular weight excluding hydrogens is 212 g/mol. The highest BCUT2D eigenvalue weighted by Gasteiger charge is 2.04. The minimum atomic E-state index is -0.493. The molecule has 2 N–H and O–H groups in total. The van der Waals surface area contributed by atoms with Crippen LogP contribution < -0.4 is 0 Å². The fraction of sp³-hybridized carbons (Fsp3) is 0.182. The predicted octanol–water partition coefficient (Wildman–Crippen LogP) is 1.23. The molecule has 2 rings (SSSR count). The van der Waals surface area contributed by atoms with Crippen LogP contribution in [0.3, 0.4) is 0 Å². The zero-order valence-electron chi connectivity index (χ0n) is 8.50. The summed E-state index contributed by atoms with van der Waals surface area (Å²) in [6.07, 6.45) is 2.93. The lowest BCUT2D eigenvalue weighted by Crippen LogP contribution is -2.01. The van der Waals surface area contributed by atoms with E-state index in [9.17, 15) is 4.79 Å². The number of furan rings is 2. The Kier molecular flexibility index (Phi) is 5.04. The van der Waals surface area contributed by atoms with Crippen LogP contribution in [0.15, 0.2) is 45.6 Å². The topological polar surface area (TPSA) is 83.8 Å². The Balaban J connectivity index is 0.000000165. The van der Waals surface area contributed by atoms with Crippen LogP contribution >= 0.6 is 0 Å². The van der Waals surface area contributed by atoms with Crippen LogP contribution in [0.5, 0.6) is 0 Å². The van der Waals surface area contributed by atoms with E-state index in [1.54, 1.807) is 18.2 Å². The molecule has 0 aliphatic rings. The Labute approximate surface area is 91.9 Å². The van der Waals surface area contributed by atoms with Gasteiger partial charge in [0.25, 0.3) is 0 Å². The molecule has 0 atom stereocenters. The van der Waals surface area contributed by atoms with Gasteiger partial charge in [0.2, 0.25) is 5.78 Å². The minimum Gasteiger partial charge on any atom is -0.467 e.